The van der Waals surface area contributed by atoms with E-state index in [0.29, 0.717) is 6.04 Å². The fraction of sp³-hybridized carbons (Fsp3) is 0.412. The van der Waals surface area contributed by atoms with Crippen LogP contribution in [0.15, 0.2) is 35.7 Å². The first-order valence-corrected chi connectivity index (χ1v) is 8.24. The van der Waals surface area contributed by atoms with Crippen molar-refractivity contribution in [2.24, 2.45) is 5.73 Å². The number of hydrogen-bond acceptors (Lipinski definition) is 3. The van der Waals surface area contributed by atoms with Crippen LogP contribution in [0.1, 0.15) is 35.4 Å². The van der Waals surface area contributed by atoms with Gasteiger partial charge in [0.25, 0.3) is 0 Å². The highest BCUT2D eigenvalue weighted by molar-refractivity contribution is 7.10. The molecular weight excluding hydrogens is 264 g/mol. The Morgan fingerprint density at radius 2 is 2.10 bits per heavy atom. The molecule has 3 heteroatoms. The van der Waals surface area contributed by atoms with Gasteiger partial charge in [-0.3, -0.25) is 0 Å². The van der Waals surface area contributed by atoms with Crippen molar-refractivity contribution >= 4 is 17.0 Å². The van der Waals surface area contributed by atoms with E-state index in [4.69, 9.17) is 5.73 Å². The molecule has 0 amide bonds. The van der Waals surface area contributed by atoms with Gasteiger partial charge in [-0.2, -0.15) is 0 Å². The second kappa shape index (κ2) is 5.58. The summed E-state index contributed by atoms with van der Waals surface area (Å²) in [4.78, 5) is 3.94. The molecule has 2 atom stereocenters. The SMILES string of the molecule is CCC(N)C(c1sccc1C)N1CCc2ccccc21. The van der Waals surface area contributed by atoms with Gasteiger partial charge in [0.1, 0.15) is 0 Å². The maximum absolute atomic E-state index is 6.48. The number of nitrogens with zero attached hydrogens (tertiary/aromatic N) is 1. The molecule has 2 N–H and O–H groups in total. The number of fused-ring (bicyclic) bond motifs is 1. The highest BCUT2D eigenvalue weighted by Gasteiger charge is 2.32. The van der Waals surface area contributed by atoms with E-state index in [9.17, 15) is 0 Å². The van der Waals surface area contributed by atoms with Gasteiger partial charge in [-0.15, -0.1) is 11.3 Å². The van der Waals surface area contributed by atoms with Gasteiger partial charge >= 0.3 is 0 Å². The van der Waals surface area contributed by atoms with E-state index in [0.717, 1.165) is 19.4 Å². The van der Waals surface area contributed by atoms with Crippen LogP contribution in [-0.2, 0) is 6.42 Å². The van der Waals surface area contributed by atoms with Gasteiger partial charge in [-0.05, 0) is 48.4 Å². The molecule has 1 aliphatic heterocycles. The number of nitrogens with two attached hydrogens (primary N) is 1. The van der Waals surface area contributed by atoms with Gasteiger partial charge in [-0.1, -0.05) is 25.1 Å². The summed E-state index contributed by atoms with van der Waals surface area (Å²) in [6, 6.07) is 11.4. The van der Waals surface area contributed by atoms with Gasteiger partial charge in [0.05, 0.1) is 6.04 Å². The van der Waals surface area contributed by atoms with Crippen molar-refractivity contribution in [1.82, 2.24) is 0 Å². The van der Waals surface area contributed by atoms with Crippen LogP contribution in [0.5, 0.6) is 0 Å². The maximum Gasteiger partial charge on any atom is 0.0788 e. The molecule has 0 bridgehead atoms. The van der Waals surface area contributed by atoms with Crippen LogP contribution in [0.2, 0.25) is 0 Å². The first-order chi connectivity index (χ1) is 9.72. The molecule has 2 heterocycles. The summed E-state index contributed by atoms with van der Waals surface area (Å²) in [5.74, 6) is 0. The normalized spacial score (nSPS) is 17.1. The Hall–Kier alpha value is -1.32. The minimum atomic E-state index is 0.179. The second-order valence-corrected chi connectivity index (χ2v) is 6.50. The zero-order valence-corrected chi connectivity index (χ0v) is 13.0. The smallest absolute Gasteiger partial charge is 0.0788 e. The summed E-state index contributed by atoms with van der Waals surface area (Å²) in [5, 5.41) is 2.18. The van der Waals surface area contributed by atoms with Crippen LogP contribution in [0.25, 0.3) is 0 Å². The number of thiophene rings is 1. The van der Waals surface area contributed by atoms with Gasteiger partial charge in [0.15, 0.2) is 0 Å². The molecule has 0 radical (unpaired) electrons. The fourth-order valence-electron chi connectivity index (χ4n) is 3.13. The van der Waals surface area contributed by atoms with Crippen molar-refractivity contribution in [3.8, 4) is 0 Å². The predicted molar refractivity (Wildman–Crippen MR) is 87.6 cm³/mol. The number of anilines is 1. The number of benzene rings is 1. The molecule has 106 valence electrons. The molecule has 2 aromatic rings. The lowest BCUT2D eigenvalue weighted by molar-refractivity contribution is 0.502. The van der Waals surface area contributed by atoms with Crippen LogP contribution in [0.3, 0.4) is 0 Å². The lowest BCUT2D eigenvalue weighted by Crippen LogP contribution is -2.40. The zero-order valence-electron chi connectivity index (χ0n) is 12.2. The van der Waals surface area contributed by atoms with Crippen molar-refractivity contribution in [2.45, 2.75) is 38.8 Å². The van der Waals surface area contributed by atoms with Crippen molar-refractivity contribution in [1.29, 1.82) is 0 Å². The second-order valence-electron chi connectivity index (χ2n) is 5.56. The van der Waals surface area contributed by atoms with Crippen LogP contribution in [-0.4, -0.2) is 12.6 Å². The topological polar surface area (TPSA) is 29.3 Å². The molecular formula is C17H22N2S. The Balaban J connectivity index is 2.02. The van der Waals surface area contributed by atoms with Crippen LogP contribution < -0.4 is 10.6 Å². The van der Waals surface area contributed by atoms with Crippen LogP contribution >= 0.6 is 11.3 Å². The monoisotopic (exact) mass is 286 g/mol. The van der Waals surface area contributed by atoms with E-state index >= 15 is 0 Å². The third-order valence-electron chi connectivity index (χ3n) is 4.31. The quantitative estimate of drug-likeness (QED) is 0.923. The lowest BCUT2D eigenvalue weighted by Gasteiger charge is -2.34. The summed E-state index contributed by atoms with van der Waals surface area (Å²) in [5.41, 5.74) is 10.7. The van der Waals surface area contributed by atoms with Gasteiger partial charge in [-0.25, -0.2) is 0 Å². The lowest BCUT2D eigenvalue weighted by atomic mass is 10.0. The molecule has 1 aromatic carbocycles. The van der Waals surface area contributed by atoms with Crippen molar-refractivity contribution in [3.63, 3.8) is 0 Å². The molecule has 0 saturated carbocycles. The Labute approximate surface area is 125 Å². The molecule has 0 aliphatic carbocycles. The standard InChI is InChI=1S/C17H22N2S/c1-3-14(18)16(17-12(2)9-11-20-17)19-10-8-13-6-4-5-7-15(13)19/h4-7,9,11,14,16H,3,8,10,18H2,1-2H3. The molecule has 2 nitrogen and oxygen atoms in total. The maximum atomic E-state index is 6.48. The Bertz CT molecular complexity index is 590. The zero-order chi connectivity index (χ0) is 14.1. The summed E-state index contributed by atoms with van der Waals surface area (Å²) in [6.07, 6.45) is 2.13. The van der Waals surface area contributed by atoms with Gasteiger partial charge < -0.3 is 10.6 Å². The van der Waals surface area contributed by atoms with Crippen LogP contribution in [0, 0.1) is 6.92 Å². The van der Waals surface area contributed by atoms with E-state index in [1.165, 1.54) is 21.7 Å². The average Bonchev–Trinajstić information content (AvgIpc) is 3.07. The Morgan fingerprint density at radius 3 is 2.80 bits per heavy atom. The summed E-state index contributed by atoms with van der Waals surface area (Å²) in [6.45, 7) is 5.46. The van der Waals surface area contributed by atoms with E-state index in [2.05, 4.69) is 54.5 Å². The molecule has 0 fully saturated rings. The number of aryl methyl sites for hydroxylation is 1. The van der Waals surface area contributed by atoms with E-state index in [1.54, 1.807) is 0 Å². The van der Waals surface area contributed by atoms with Gasteiger partial charge in [0, 0.05) is 23.2 Å². The highest BCUT2D eigenvalue weighted by atomic mass is 32.1. The largest absolute Gasteiger partial charge is 0.362 e. The first-order valence-electron chi connectivity index (χ1n) is 7.36. The van der Waals surface area contributed by atoms with Crippen molar-refractivity contribution < 1.29 is 0 Å². The average molecular weight is 286 g/mol. The third kappa shape index (κ3) is 2.25. The van der Waals surface area contributed by atoms with E-state index in [1.807, 2.05) is 11.3 Å². The number of para-hydroxylation sites is 1. The molecule has 2 unspecified atom stereocenters. The molecule has 3 rings (SSSR count). The van der Waals surface area contributed by atoms with E-state index in [-0.39, 0.29) is 6.04 Å². The van der Waals surface area contributed by atoms with E-state index < -0.39 is 0 Å². The summed E-state index contributed by atoms with van der Waals surface area (Å²) in [7, 11) is 0. The van der Waals surface area contributed by atoms with Crippen molar-refractivity contribution in [2.75, 3.05) is 11.4 Å². The predicted octanol–water partition coefficient (Wildman–Crippen LogP) is 3.90. The molecule has 1 aliphatic rings. The minimum absolute atomic E-state index is 0.179. The molecule has 0 spiro atoms. The third-order valence-corrected chi connectivity index (χ3v) is 5.40. The minimum Gasteiger partial charge on any atom is -0.362 e. The summed E-state index contributed by atoms with van der Waals surface area (Å²) >= 11 is 1.84. The van der Waals surface area contributed by atoms with Crippen molar-refractivity contribution in [3.05, 3.63) is 51.7 Å². The summed E-state index contributed by atoms with van der Waals surface area (Å²) < 4.78 is 0. The highest BCUT2D eigenvalue weighted by Crippen LogP contribution is 2.39. The Kier molecular flexibility index (Phi) is 3.81. The molecule has 20 heavy (non-hydrogen) atoms. The number of rotatable bonds is 4. The van der Waals surface area contributed by atoms with Crippen LogP contribution in [0.4, 0.5) is 5.69 Å². The molecule has 0 saturated heterocycles. The molecule has 1 aromatic heterocycles. The fourth-order valence-corrected chi connectivity index (χ4v) is 4.24. The first kappa shape index (κ1) is 13.7. The van der Waals surface area contributed by atoms with Gasteiger partial charge in [0.2, 0.25) is 0 Å². The Morgan fingerprint density at radius 1 is 1.30 bits per heavy atom. The number of hydrogen-bond donors (Lipinski definition) is 1.